The quantitative estimate of drug-likeness (QED) is 0.568. The molecule has 0 saturated heterocycles. The first-order chi connectivity index (χ1) is 7.33. The summed E-state index contributed by atoms with van der Waals surface area (Å²) in [5.74, 6) is 1.75. The molecule has 3 heteroatoms. The average molecular weight is 227 g/mol. The normalized spacial score (nSPS) is 10.3. The van der Waals surface area contributed by atoms with Crippen molar-refractivity contribution in [2.24, 2.45) is 0 Å². The minimum absolute atomic E-state index is 0.785. The summed E-state index contributed by atoms with van der Waals surface area (Å²) in [6, 6.07) is 4.09. The second kappa shape index (κ2) is 7.52. The zero-order valence-electron chi connectivity index (χ0n) is 9.30. The molecule has 0 fully saturated rings. The summed E-state index contributed by atoms with van der Waals surface area (Å²) in [6.07, 6.45) is 6.67. The molecule has 0 spiro atoms. The Hall–Kier alpha value is -0.760. The van der Waals surface area contributed by atoms with Crippen LogP contribution in [0.2, 0.25) is 0 Å². The Bertz CT molecular complexity index is 259. The highest BCUT2D eigenvalue weighted by molar-refractivity contribution is 6.17. The molecule has 0 aliphatic heterocycles. The number of nitrogens with zero attached hydrogens (tertiary/aromatic N) is 1. The lowest BCUT2D eigenvalue weighted by molar-refractivity contribution is 0.687. The zero-order valence-corrected chi connectivity index (χ0v) is 10.1. The highest BCUT2D eigenvalue weighted by Gasteiger charge is 1.93. The lowest BCUT2D eigenvalue weighted by atomic mass is 10.2. The van der Waals surface area contributed by atoms with Gasteiger partial charge in [0.05, 0.1) is 0 Å². The van der Waals surface area contributed by atoms with Gasteiger partial charge in [-0.25, -0.2) is 4.98 Å². The minimum atomic E-state index is 0.785. The molecular weight excluding hydrogens is 208 g/mol. The maximum Gasteiger partial charge on any atom is 0.125 e. The smallest absolute Gasteiger partial charge is 0.125 e. The summed E-state index contributed by atoms with van der Waals surface area (Å²) in [6.45, 7) is 3.04. The summed E-state index contributed by atoms with van der Waals surface area (Å²) in [5, 5.41) is 3.30. The van der Waals surface area contributed by atoms with E-state index in [1.165, 1.54) is 24.8 Å². The van der Waals surface area contributed by atoms with Crippen LogP contribution in [-0.2, 0) is 0 Å². The summed E-state index contributed by atoms with van der Waals surface area (Å²) in [5.41, 5.74) is 1.20. The van der Waals surface area contributed by atoms with E-state index in [1.807, 2.05) is 19.2 Å². The third-order valence-electron chi connectivity index (χ3n) is 2.28. The van der Waals surface area contributed by atoms with Crippen LogP contribution in [0.4, 0.5) is 5.82 Å². The second-order valence-corrected chi connectivity index (χ2v) is 4.13. The third-order valence-corrected chi connectivity index (χ3v) is 2.55. The van der Waals surface area contributed by atoms with Gasteiger partial charge in [0.25, 0.3) is 0 Å². The van der Waals surface area contributed by atoms with Gasteiger partial charge in [0, 0.05) is 18.6 Å². The molecule has 1 aromatic heterocycles. The number of alkyl halides is 1. The predicted octanol–water partition coefficient (Wildman–Crippen LogP) is 3.60. The molecular formula is C12H19ClN2. The van der Waals surface area contributed by atoms with Gasteiger partial charge in [-0.1, -0.05) is 18.9 Å². The van der Waals surface area contributed by atoms with Crippen molar-refractivity contribution < 1.29 is 0 Å². The predicted molar refractivity (Wildman–Crippen MR) is 66.7 cm³/mol. The minimum Gasteiger partial charge on any atom is -0.370 e. The fraction of sp³-hybridized carbons (Fsp3) is 0.583. The molecule has 1 aromatic rings. The van der Waals surface area contributed by atoms with Gasteiger partial charge in [-0.3, -0.25) is 0 Å². The van der Waals surface area contributed by atoms with Crippen LogP contribution in [0, 0.1) is 6.92 Å². The van der Waals surface area contributed by atoms with E-state index in [-0.39, 0.29) is 0 Å². The molecule has 84 valence electrons. The molecule has 0 saturated carbocycles. The number of halogens is 1. The van der Waals surface area contributed by atoms with Crippen LogP contribution in [0.3, 0.4) is 0 Å². The van der Waals surface area contributed by atoms with Gasteiger partial charge in [-0.2, -0.15) is 0 Å². The molecule has 1 N–H and O–H groups in total. The molecule has 0 aliphatic rings. The van der Waals surface area contributed by atoms with E-state index in [4.69, 9.17) is 11.6 Å². The van der Waals surface area contributed by atoms with E-state index < -0.39 is 0 Å². The van der Waals surface area contributed by atoms with Gasteiger partial charge in [0.15, 0.2) is 0 Å². The van der Waals surface area contributed by atoms with E-state index in [2.05, 4.69) is 16.4 Å². The molecule has 0 aromatic carbocycles. The largest absolute Gasteiger partial charge is 0.370 e. The van der Waals surface area contributed by atoms with Crippen LogP contribution >= 0.6 is 11.6 Å². The van der Waals surface area contributed by atoms with E-state index in [1.54, 1.807) is 0 Å². The number of aryl methyl sites for hydroxylation is 1. The summed E-state index contributed by atoms with van der Waals surface area (Å²) >= 11 is 5.60. The fourth-order valence-corrected chi connectivity index (χ4v) is 1.55. The lowest BCUT2D eigenvalue weighted by Crippen LogP contribution is -2.02. The number of hydrogen-bond acceptors (Lipinski definition) is 2. The van der Waals surface area contributed by atoms with Crippen LogP contribution in [-0.4, -0.2) is 17.4 Å². The Balaban J connectivity index is 2.07. The fourth-order valence-electron chi connectivity index (χ4n) is 1.36. The van der Waals surface area contributed by atoms with Crippen molar-refractivity contribution in [1.29, 1.82) is 0 Å². The van der Waals surface area contributed by atoms with Gasteiger partial charge >= 0.3 is 0 Å². The Morgan fingerprint density at radius 3 is 2.67 bits per heavy atom. The van der Waals surface area contributed by atoms with Gasteiger partial charge in [-0.05, 0) is 31.4 Å². The number of nitrogens with one attached hydrogen (secondary N) is 1. The summed E-state index contributed by atoms with van der Waals surface area (Å²) in [4.78, 5) is 4.28. The van der Waals surface area contributed by atoms with E-state index >= 15 is 0 Å². The van der Waals surface area contributed by atoms with Gasteiger partial charge in [-0.15, -0.1) is 11.6 Å². The average Bonchev–Trinajstić information content (AvgIpc) is 2.26. The van der Waals surface area contributed by atoms with Crippen molar-refractivity contribution >= 4 is 17.4 Å². The van der Waals surface area contributed by atoms with Crippen LogP contribution in [0.25, 0.3) is 0 Å². The number of rotatable bonds is 7. The van der Waals surface area contributed by atoms with Crippen molar-refractivity contribution in [3.63, 3.8) is 0 Å². The van der Waals surface area contributed by atoms with Crippen molar-refractivity contribution in [3.8, 4) is 0 Å². The van der Waals surface area contributed by atoms with Crippen molar-refractivity contribution in [2.75, 3.05) is 17.7 Å². The Kier molecular flexibility index (Phi) is 6.17. The molecule has 0 radical (unpaired) electrons. The van der Waals surface area contributed by atoms with Crippen molar-refractivity contribution in [1.82, 2.24) is 4.98 Å². The zero-order chi connectivity index (χ0) is 10.9. The highest BCUT2D eigenvalue weighted by Crippen LogP contribution is 2.05. The van der Waals surface area contributed by atoms with Crippen molar-refractivity contribution in [3.05, 3.63) is 23.9 Å². The molecule has 1 rings (SSSR count). The maximum atomic E-state index is 5.60. The van der Waals surface area contributed by atoms with Crippen molar-refractivity contribution in [2.45, 2.75) is 32.6 Å². The monoisotopic (exact) mass is 226 g/mol. The van der Waals surface area contributed by atoms with Gasteiger partial charge < -0.3 is 5.32 Å². The van der Waals surface area contributed by atoms with Crippen LogP contribution < -0.4 is 5.32 Å². The number of unbranched alkanes of at least 4 members (excludes halogenated alkanes) is 3. The van der Waals surface area contributed by atoms with E-state index in [0.29, 0.717) is 0 Å². The summed E-state index contributed by atoms with van der Waals surface area (Å²) in [7, 11) is 0. The SMILES string of the molecule is Cc1ccc(NCCCCCCCl)nc1. The molecule has 0 atom stereocenters. The number of pyridine rings is 1. The van der Waals surface area contributed by atoms with E-state index in [9.17, 15) is 0 Å². The molecule has 1 heterocycles. The first kappa shape index (κ1) is 12.3. The molecule has 0 bridgehead atoms. The number of anilines is 1. The Morgan fingerprint density at radius 2 is 2.00 bits per heavy atom. The lowest BCUT2D eigenvalue weighted by Gasteiger charge is -2.05. The first-order valence-corrected chi connectivity index (χ1v) is 6.09. The second-order valence-electron chi connectivity index (χ2n) is 3.75. The van der Waals surface area contributed by atoms with Crippen LogP contribution in [0.5, 0.6) is 0 Å². The molecule has 0 unspecified atom stereocenters. The van der Waals surface area contributed by atoms with Gasteiger partial charge in [0.1, 0.15) is 5.82 Å². The topological polar surface area (TPSA) is 24.9 Å². The number of aromatic nitrogens is 1. The molecule has 0 aliphatic carbocycles. The highest BCUT2D eigenvalue weighted by atomic mass is 35.5. The standard InChI is InChI=1S/C12H19ClN2/c1-11-6-7-12(15-10-11)14-9-5-3-2-4-8-13/h6-7,10H,2-5,8-9H2,1H3,(H,14,15). The third kappa shape index (κ3) is 5.63. The first-order valence-electron chi connectivity index (χ1n) is 5.55. The number of hydrogen-bond donors (Lipinski definition) is 1. The molecule has 2 nitrogen and oxygen atoms in total. The Labute approximate surface area is 97.1 Å². The Morgan fingerprint density at radius 1 is 1.20 bits per heavy atom. The summed E-state index contributed by atoms with van der Waals surface area (Å²) < 4.78 is 0. The molecule has 0 amide bonds. The van der Waals surface area contributed by atoms with Crippen LogP contribution in [0.1, 0.15) is 31.2 Å². The molecule has 15 heavy (non-hydrogen) atoms. The van der Waals surface area contributed by atoms with E-state index in [0.717, 1.165) is 24.7 Å². The maximum absolute atomic E-state index is 5.60. The van der Waals surface area contributed by atoms with Gasteiger partial charge in [0.2, 0.25) is 0 Å². The van der Waals surface area contributed by atoms with Crippen LogP contribution in [0.15, 0.2) is 18.3 Å².